The van der Waals surface area contributed by atoms with E-state index in [0.29, 0.717) is 26.4 Å². The lowest BCUT2D eigenvalue weighted by molar-refractivity contribution is -0.140. The van der Waals surface area contributed by atoms with E-state index in [0.717, 1.165) is 15.9 Å². The van der Waals surface area contributed by atoms with Gasteiger partial charge in [-0.1, -0.05) is 69.2 Å². The second-order valence-electron chi connectivity index (χ2n) is 9.18. The molecule has 1 aromatic heterocycles. The minimum atomic E-state index is -5.03. The highest BCUT2D eigenvalue weighted by Crippen LogP contribution is 2.38. The van der Waals surface area contributed by atoms with Gasteiger partial charge in [0.25, 0.3) is 5.56 Å². The van der Waals surface area contributed by atoms with Crippen molar-refractivity contribution >= 4 is 50.9 Å². The number of ether oxygens (including phenoxy) is 2. The average Bonchev–Trinajstić information content (AvgIpc) is 3.27. The summed E-state index contributed by atoms with van der Waals surface area (Å²) in [6, 6.07) is 15.3. The van der Waals surface area contributed by atoms with E-state index in [1.807, 2.05) is 0 Å². The highest BCUT2D eigenvalue weighted by molar-refractivity contribution is 9.10. The highest BCUT2D eigenvalue weighted by Gasteiger charge is 2.45. The Morgan fingerprint density at radius 2 is 1.86 bits per heavy atom. The molecule has 0 saturated carbocycles. The Kier molecular flexibility index (Phi) is 8.91. The Labute approximate surface area is 259 Å². The van der Waals surface area contributed by atoms with Gasteiger partial charge in [0.15, 0.2) is 10.5 Å². The van der Waals surface area contributed by atoms with E-state index in [-0.39, 0.29) is 28.1 Å². The third-order valence-corrected chi connectivity index (χ3v) is 8.11. The summed E-state index contributed by atoms with van der Waals surface area (Å²) in [6.45, 7) is 1.16. The van der Waals surface area contributed by atoms with Gasteiger partial charge in [0, 0.05) is 20.6 Å². The lowest BCUT2D eigenvalue weighted by Crippen LogP contribution is -2.41. The number of esters is 1. The minimum absolute atomic E-state index is 0.0261. The fourth-order valence-corrected chi connectivity index (χ4v) is 5.97. The van der Waals surface area contributed by atoms with Gasteiger partial charge in [-0.25, -0.2) is 14.2 Å². The SMILES string of the molecule is CCOC(=O)C1=C(C(F)(F)F)N=c2s/c(=C\c3cc(Br)ccc3OCc3ccccc3F)c(=O)n2[C@@H]1c1ccc(Cl)cc1. The molecule has 0 saturated heterocycles. The molecule has 2 heterocycles. The summed E-state index contributed by atoms with van der Waals surface area (Å²) in [4.78, 5) is 30.3. The summed E-state index contributed by atoms with van der Waals surface area (Å²) in [7, 11) is 0. The molecule has 43 heavy (non-hydrogen) atoms. The topological polar surface area (TPSA) is 69.9 Å². The number of halogens is 6. The van der Waals surface area contributed by atoms with E-state index >= 15 is 0 Å². The second-order valence-corrected chi connectivity index (χ2v) is 11.5. The standard InChI is InChI=1S/C30H20BrClF4N2O4S/c1-2-41-28(40)24-25(16-7-10-20(32)11-8-16)38-27(39)23(43-29(38)37-26(24)30(34,35)36)14-18-13-19(31)9-12-22(18)42-15-17-5-3-4-6-21(17)33/h3-14,25H,2,15H2,1H3/b23-14-/t25-/m1/s1. The van der Waals surface area contributed by atoms with Gasteiger partial charge in [-0.05, 0) is 55.0 Å². The van der Waals surface area contributed by atoms with Crippen LogP contribution in [0, 0.1) is 5.82 Å². The largest absolute Gasteiger partial charge is 0.488 e. The third-order valence-electron chi connectivity index (χ3n) is 6.38. The van der Waals surface area contributed by atoms with Crippen LogP contribution in [-0.4, -0.2) is 23.3 Å². The van der Waals surface area contributed by atoms with Gasteiger partial charge < -0.3 is 9.47 Å². The molecule has 4 aromatic rings. The van der Waals surface area contributed by atoms with E-state index in [1.54, 1.807) is 36.4 Å². The zero-order chi connectivity index (χ0) is 30.9. The first kappa shape index (κ1) is 30.7. The monoisotopic (exact) mass is 694 g/mol. The van der Waals surface area contributed by atoms with Gasteiger partial charge in [-0.15, -0.1) is 0 Å². The van der Waals surface area contributed by atoms with E-state index in [4.69, 9.17) is 21.1 Å². The summed E-state index contributed by atoms with van der Waals surface area (Å²) < 4.78 is 69.7. The van der Waals surface area contributed by atoms with Crippen LogP contribution < -0.4 is 19.6 Å². The Morgan fingerprint density at radius 3 is 2.53 bits per heavy atom. The molecule has 13 heteroatoms. The number of fused-ring (bicyclic) bond motifs is 1. The molecule has 1 atom stereocenters. The maximum Gasteiger partial charge on any atom is 0.434 e. The third kappa shape index (κ3) is 6.46. The molecule has 3 aromatic carbocycles. The summed E-state index contributed by atoms with van der Waals surface area (Å²) in [6.07, 6.45) is -3.58. The maximum atomic E-state index is 14.3. The van der Waals surface area contributed by atoms with Crippen LogP contribution in [0.4, 0.5) is 17.6 Å². The van der Waals surface area contributed by atoms with Crippen molar-refractivity contribution in [1.29, 1.82) is 0 Å². The molecular weight excluding hydrogens is 676 g/mol. The number of alkyl halides is 3. The fraction of sp³-hybridized carbons (Fsp3) is 0.167. The summed E-state index contributed by atoms with van der Waals surface area (Å²) in [5.74, 6) is -1.40. The van der Waals surface area contributed by atoms with Gasteiger partial charge in [0.05, 0.1) is 22.8 Å². The van der Waals surface area contributed by atoms with Crippen molar-refractivity contribution < 1.29 is 31.8 Å². The number of hydrogen-bond donors (Lipinski definition) is 0. The van der Waals surface area contributed by atoms with Crippen molar-refractivity contribution in [3.63, 3.8) is 0 Å². The number of benzene rings is 3. The number of carbonyl (C=O) groups is 1. The molecule has 0 unspecified atom stereocenters. The Morgan fingerprint density at radius 1 is 1.14 bits per heavy atom. The molecule has 6 nitrogen and oxygen atoms in total. The number of carbonyl (C=O) groups excluding carboxylic acids is 1. The molecule has 0 bridgehead atoms. The quantitative estimate of drug-likeness (QED) is 0.164. The van der Waals surface area contributed by atoms with Crippen LogP contribution in [0.25, 0.3) is 6.08 Å². The Balaban J connectivity index is 1.69. The first-order valence-electron chi connectivity index (χ1n) is 12.7. The summed E-state index contributed by atoms with van der Waals surface area (Å²) >= 11 is 10.1. The molecule has 222 valence electrons. The Bertz CT molecular complexity index is 1920. The van der Waals surface area contributed by atoms with E-state index in [2.05, 4.69) is 20.9 Å². The van der Waals surface area contributed by atoms with Gasteiger partial charge in [-0.3, -0.25) is 9.36 Å². The summed E-state index contributed by atoms with van der Waals surface area (Å²) in [5, 5.41) is 0.312. The first-order valence-corrected chi connectivity index (χ1v) is 14.7. The molecule has 0 spiro atoms. The van der Waals surface area contributed by atoms with Crippen molar-refractivity contribution in [3.05, 3.63) is 130 Å². The van der Waals surface area contributed by atoms with Crippen LogP contribution in [0.5, 0.6) is 5.75 Å². The van der Waals surface area contributed by atoms with Crippen LogP contribution in [0.2, 0.25) is 5.02 Å². The van der Waals surface area contributed by atoms with Crippen molar-refractivity contribution in [1.82, 2.24) is 4.57 Å². The van der Waals surface area contributed by atoms with Gasteiger partial charge in [-0.2, -0.15) is 13.2 Å². The minimum Gasteiger partial charge on any atom is -0.488 e. The first-order chi connectivity index (χ1) is 20.5. The van der Waals surface area contributed by atoms with E-state index in [9.17, 15) is 27.2 Å². The highest BCUT2D eigenvalue weighted by atomic mass is 79.9. The average molecular weight is 696 g/mol. The number of thiazole rings is 1. The Hall–Kier alpha value is -3.74. The van der Waals surface area contributed by atoms with Crippen LogP contribution >= 0.6 is 38.9 Å². The maximum absolute atomic E-state index is 14.3. The second kappa shape index (κ2) is 12.5. The van der Waals surface area contributed by atoms with Crippen LogP contribution in [0.15, 0.2) is 92.3 Å². The van der Waals surface area contributed by atoms with E-state index < -0.39 is 40.8 Å². The van der Waals surface area contributed by atoms with Gasteiger partial charge >= 0.3 is 12.1 Å². The smallest absolute Gasteiger partial charge is 0.434 e. The van der Waals surface area contributed by atoms with Gasteiger partial charge in [0.2, 0.25) is 0 Å². The zero-order valence-corrected chi connectivity index (χ0v) is 25.3. The number of hydrogen-bond acceptors (Lipinski definition) is 6. The molecule has 0 aliphatic carbocycles. The molecule has 1 aliphatic rings. The van der Waals surface area contributed by atoms with Crippen molar-refractivity contribution in [2.24, 2.45) is 4.99 Å². The number of rotatable bonds is 7. The van der Waals surface area contributed by atoms with Crippen molar-refractivity contribution in [3.8, 4) is 5.75 Å². The molecule has 0 N–H and O–H groups in total. The number of nitrogens with zero attached hydrogens (tertiary/aromatic N) is 2. The van der Waals surface area contributed by atoms with Gasteiger partial charge in [0.1, 0.15) is 18.2 Å². The number of allylic oxidation sites excluding steroid dienone is 1. The summed E-state index contributed by atoms with van der Waals surface area (Å²) in [5.41, 5.74) is -2.04. The fourth-order valence-electron chi connectivity index (χ4n) is 4.48. The van der Waals surface area contributed by atoms with Crippen molar-refractivity contribution in [2.75, 3.05) is 6.61 Å². The zero-order valence-electron chi connectivity index (χ0n) is 22.1. The molecule has 0 radical (unpaired) electrons. The molecule has 5 rings (SSSR count). The number of aromatic nitrogens is 1. The lowest BCUT2D eigenvalue weighted by atomic mass is 9.95. The van der Waals surface area contributed by atoms with Crippen LogP contribution in [-0.2, 0) is 16.1 Å². The predicted octanol–water partition coefficient (Wildman–Crippen LogP) is 6.47. The normalized spacial score (nSPS) is 15.2. The molecule has 0 fully saturated rings. The lowest BCUT2D eigenvalue weighted by Gasteiger charge is -2.26. The molecule has 1 aliphatic heterocycles. The van der Waals surface area contributed by atoms with E-state index in [1.165, 1.54) is 43.3 Å². The predicted molar refractivity (Wildman–Crippen MR) is 157 cm³/mol. The van der Waals surface area contributed by atoms with Crippen molar-refractivity contribution in [2.45, 2.75) is 25.7 Å². The molecule has 0 amide bonds. The van der Waals surface area contributed by atoms with Crippen LogP contribution in [0.3, 0.4) is 0 Å². The molecular formula is C30H20BrClF4N2O4S. The van der Waals surface area contributed by atoms with Crippen LogP contribution in [0.1, 0.15) is 29.7 Å².